The zero-order valence-corrected chi connectivity index (χ0v) is 12.0. The predicted molar refractivity (Wildman–Crippen MR) is 71.5 cm³/mol. The van der Waals surface area contributed by atoms with Gasteiger partial charge in [0.2, 0.25) is 5.95 Å². The molecule has 22 heavy (non-hydrogen) atoms. The molecule has 1 aliphatic rings. The van der Waals surface area contributed by atoms with Crippen molar-refractivity contribution >= 4 is 24.7 Å². The molecule has 1 aliphatic heterocycles. The van der Waals surface area contributed by atoms with Crippen molar-refractivity contribution in [3.8, 4) is 0 Å². The first kappa shape index (κ1) is 15.1. The normalized spacial score (nSPS) is 22.5. The van der Waals surface area contributed by atoms with Gasteiger partial charge in [0.15, 0.2) is 30.0 Å². The van der Waals surface area contributed by atoms with Gasteiger partial charge in [-0.1, -0.05) is 5.21 Å². The Bertz CT molecular complexity index is 797. The molecule has 13 heteroatoms. The molecule has 2 aromatic heterocycles. The number of nitrogen functional groups attached to an aromatic ring is 1. The molecule has 3 heterocycles. The lowest BCUT2D eigenvalue weighted by Crippen LogP contribution is -2.17. The molecule has 2 atom stereocenters. The summed E-state index contributed by atoms with van der Waals surface area (Å²) in [7, 11) is -4.26. The summed E-state index contributed by atoms with van der Waals surface area (Å²) in [4.78, 5) is 35.5. The third kappa shape index (κ3) is 3.00. The first-order valence-corrected chi connectivity index (χ1v) is 8.05. The first-order chi connectivity index (χ1) is 10.3. The average Bonchev–Trinajstić information content (AvgIpc) is 3.01. The van der Waals surface area contributed by atoms with Gasteiger partial charge in [0, 0.05) is 6.42 Å². The Balaban J connectivity index is 1.79. The van der Waals surface area contributed by atoms with Crippen LogP contribution in [0.1, 0.15) is 19.1 Å². The van der Waals surface area contributed by atoms with Gasteiger partial charge in [0.25, 0.3) is 5.56 Å². The summed E-state index contributed by atoms with van der Waals surface area (Å²) in [5, 5.41) is 7.54. The SMILES string of the molecule is Nc1nc2c(nnn2[C@H]2CC[C@@H](OCP(=O)(O)O)O2)c(=O)[nH]1. The Kier molecular flexibility index (Phi) is 3.70. The van der Waals surface area contributed by atoms with Crippen molar-refractivity contribution in [3.05, 3.63) is 10.4 Å². The second-order valence-electron chi connectivity index (χ2n) is 4.72. The van der Waals surface area contributed by atoms with E-state index >= 15 is 0 Å². The number of nitrogens with zero attached hydrogens (tertiary/aromatic N) is 4. The molecule has 0 aromatic carbocycles. The van der Waals surface area contributed by atoms with Gasteiger partial charge in [-0.15, -0.1) is 5.10 Å². The van der Waals surface area contributed by atoms with Crippen LogP contribution < -0.4 is 11.3 Å². The minimum atomic E-state index is -4.26. The van der Waals surface area contributed by atoms with E-state index in [1.807, 2.05) is 0 Å². The van der Waals surface area contributed by atoms with E-state index < -0.39 is 32.0 Å². The van der Waals surface area contributed by atoms with Crippen LogP contribution in [0.25, 0.3) is 11.2 Å². The lowest BCUT2D eigenvalue weighted by molar-refractivity contribution is -0.143. The summed E-state index contributed by atoms with van der Waals surface area (Å²) in [6.45, 7) is 0. The summed E-state index contributed by atoms with van der Waals surface area (Å²) in [6, 6.07) is 0. The maximum atomic E-state index is 11.7. The fraction of sp³-hybridized carbons (Fsp3) is 0.556. The number of aromatic nitrogens is 5. The Hall–Kier alpha value is -1.85. The van der Waals surface area contributed by atoms with E-state index in [1.54, 1.807) is 0 Å². The Labute approximate surface area is 122 Å². The molecule has 5 N–H and O–H groups in total. The number of rotatable bonds is 4. The minimum absolute atomic E-state index is 0.0254. The van der Waals surface area contributed by atoms with Crippen molar-refractivity contribution in [2.75, 3.05) is 12.1 Å². The molecular formula is C9H13N6O6P. The molecule has 2 aromatic rings. The Morgan fingerprint density at radius 1 is 1.50 bits per heavy atom. The highest BCUT2D eigenvalue weighted by Gasteiger charge is 2.31. The zero-order chi connectivity index (χ0) is 15.9. The summed E-state index contributed by atoms with van der Waals surface area (Å²) in [5.41, 5.74) is 5.17. The van der Waals surface area contributed by atoms with Crippen LogP contribution in [-0.2, 0) is 14.0 Å². The number of anilines is 1. The van der Waals surface area contributed by atoms with Gasteiger partial charge in [-0.2, -0.15) is 9.67 Å². The standard InChI is InChI=1S/C9H13N6O6P/c10-9-11-7-6(8(16)12-9)13-14-15(7)4-1-2-5(21-4)20-3-22(17,18)19/h4-5H,1-3H2,(H2,17,18,19)(H3,10,11,12,16)/t4-,5+/m1/s1. The second-order valence-corrected chi connectivity index (χ2v) is 6.30. The molecule has 0 unspecified atom stereocenters. The fourth-order valence-electron chi connectivity index (χ4n) is 2.12. The third-order valence-corrected chi connectivity index (χ3v) is 3.50. The summed E-state index contributed by atoms with van der Waals surface area (Å²) < 4.78 is 22.6. The van der Waals surface area contributed by atoms with Gasteiger partial charge in [-0.05, 0) is 6.42 Å². The van der Waals surface area contributed by atoms with Crippen molar-refractivity contribution in [1.29, 1.82) is 0 Å². The van der Waals surface area contributed by atoms with E-state index in [-0.39, 0.29) is 17.1 Å². The molecule has 0 radical (unpaired) electrons. The van der Waals surface area contributed by atoms with Crippen molar-refractivity contribution in [2.24, 2.45) is 0 Å². The van der Waals surface area contributed by atoms with Gasteiger partial charge >= 0.3 is 7.60 Å². The highest BCUT2D eigenvalue weighted by molar-refractivity contribution is 7.51. The monoisotopic (exact) mass is 332 g/mol. The van der Waals surface area contributed by atoms with Gasteiger partial charge < -0.3 is 25.0 Å². The van der Waals surface area contributed by atoms with E-state index in [0.29, 0.717) is 12.8 Å². The van der Waals surface area contributed by atoms with Crippen LogP contribution >= 0.6 is 7.60 Å². The number of hydrogen-bond donors (Lipinski definition) is 4. The quantitative estimate of drug-likeness (QED) is 0.501. The highest BCUT2D eigenvalue weighted by atomic mass is 31.2. The maximum Gasteiger partial charge on any atom is 0.351 e. The molecule has 1 fully saturated rings. The predicted octanol–water partition coefficient (Wildman–Crippen LogP) is -1.12. The molecule has 0 spiro atoms. The highest BCUT2D eigenvalue weighted by Crippen LogP contribution is 2.37. The molecule has 120 valence electrons. The molecule has 12 nitrogen and oxygen atoms in total. The number of nitrogens with two attached hydrogens (primary N) is 1. The molecule has 0 saturated carbocycles. The second kappa shape index (κ2) is 5.41. The van der Waals surface area contributed by atoms with Gasteiger partial charge in [-0.25, -0.2) is 0 Å². The first-order valence-electron chi connectivity index (χ1n) is 6.26. The smallest absolute Gasteiger partial charge is 0.351 e. The lowest BCUT2D eigenvalue weighted by Gasteiger charge is -2.14. The summed E-state index contributed by atoms with van der Waals surface area (Å²) >= 11 is 0. The number of nitrogens with one attached hydrogen (secondary N) is 1. The van der Waals surface area contributed by atoms with Gasteiger partial charge in [0.05, 0.1) is 0 Å². The molecular weight excluding hydrogens is 319 g/mol. The van der Waals surface area contributed by atoms with Crippen molar-refractivity contribution in [2.45, 2.75) is 25.4 Å². The van der Waals surface area contributed by atoms with Crippen LogP contribution in [0.4, 0.5) is 5.95 Å². The Morgan fingerprint density at radius 3 is 3.00 bits per heavy atom. The lowest BCUT2D eigenvalue weighted by atomic mass is 10.3. The number of aromatic amines is 1. The van der Waals surface area contributed by atoms with Crippen LogP contribution in [0.3, 0.4) is 0 Å². The van der Waals surface area contributed by atoms with E-state index in [0.717, 1.165) is 0 Å². The van der Waals surface area contributed by atoms with E-state index in [4.69, 9.17) is 25.0 Å². The number of ether oxygens (including phenoxy) is 2. The fourth-order valence-corrected chi connectivity index (χ4v) is 2.48. The van der Waals surface area contributed by atoms with E-state index in [9.17, 15) is 9.36 Å². The maximum absolute atomic E-state index is 11.7. The minimum Gasteiger partial charge on any atom is -0.369 e. The van der Waals surface area contributed by atoms with Crippen molar-refractivity contribution in [1.82, 2.24) is 25.0 Å². The Morgan fingerprint density at radius 2 is 2.27 bits per heavy atom. The summed E-state index contributed by atoms with van der Waals surface area (Å²) in [5.74, 6) is -0.0756. The molecule has 0 bridgehead atoms. The average molecular weight is 332 g/mol. The van der Waals surface area contributed by atoms with Crippen LogP contribution in [-0.4, -0.2) is 47.4 Å². The molecule has 1 saturated heterocycles. The van der Waals surface area contributed by atoms with Crippen LogP contribution in [0.15, 0.2) is 4.79 Å². The van der Waals surface area contributed by atoms with Crippen molar-refractivity contribution in [3.63, 3.8) is 0 Å². The van der Waals surface area contributed by atoms with E-state index in [2.05, 4.69) is 20.3 Å². The van der Waals surface area contributed by atoms with Crippen molar-refractivity contribution < 1.29 is 23.8 Å². The number of hydrogen-bond acceptors (Lipinski definition) is 8. The third-order valence-electron chi connectivity index (χ3n) is 3.01. The molecule has 0 aliphatic carbocycles. The summed E-state index contributed by atoms with van der Waals surface area (Å²) in [6.07, 6.45) is -1.26. The van der Waals surface area contributed by atoms with Crippen LogP contribution in [0.5, 0.6) is 0 Å². The van der Waals surface area contributed by atoms with Crippen LogP contribution in [0, 0.1) is 0 Å². The van der Waals surface area contributed by atoms with E-state index in [1.165, 1.54) is 4.68 Å². The molecule has 0 amide bonds. The largest absolute Gasteiger partial charge is 0.369 e. The van der Waals surface area contributed by atoms with Gasteiger partial charge in [0.1, 0.15) is 0 Å². The van der Waals surface area contributed by atoms with Gasteiger partial charge in [-0.3, -0.25) is 14.3 Å². The zero-order valence-electron chi connectivity index (χ0n) is 11.1. The number of fused-ring (bicyclic) bond motifs is 1. The number of H-pyrrole nitrogens is 1. The van der Waals surface area contributed by atoms with Crippen LogP contribution in [0.2, 0.25) is 0 Å². The topological polar surface area (TPSA) is 178 Å². The molecule has 3 rings (SSSR count).